The first-order chi connectivity index (χ1) is 13.8. The molecule has 0 saturated carbocycles. The van der Waals surface area contributed by atoms with Gasteiger partial charge in [0.25, 0.3) is 0 Å². The minimum absolute atomic E-state index is 0.814. The Bertz CT molecular complexity index is 998. The number of benzene rings is 2. The Balaban J connectivity index is 1.23. The summed E-state index contributed by atoms with van der Waals surface area (Å²) in [6.07, 6.45) is 2.89. The predicted octanol–water partition coefficient (Wildman–Crippen LogP) is 4.14. The summed E-state index contributed by atoms with van der Waals surface area (Å²) in [6.45, 7) is 6.94. The first kappa shape index (κ1) is 17.9. The maximum absolute atomic E-state index is 6.52. The summed E-state index contributed by atoms with van der Waals surface area (Å²) in [5, 5.41) is 1.97. The Kier molecular flexibility index (Phi) is 4.93. The Morgan fingerprint density at radius 1 is 0.964 bits per heavy atom. The van der Waals surface area contributed by atoms with E-state index < -0.39 is 0 Å². The molecule has 4 nitrogen and oxygen atoms in total. The minimum Gasteiger partial charge on any atom is -0.493 e. The summed E-state index contributed by atoms with van der Waals surface area (Å²) >= 11 is 6.52. The van der Waals surface area contributed by atoms with E-state index in [4.69, 9.17) is 16.3 Å². The number of piperazine rings is 1. The smallest absolute Gasteiger partial charge is 0.122 e. The molecule has 0 aliphatic carbocycles. The second kappa shape index (κ2) is 7.70. The van der Waals surface area contributed by atoms with Crippen molar-refractivity contribution in [1.82, 2.24) is 14.8 Å². The van der Waals surface area contributed by atoms with Crippen LogP contribution in [0.15, 0.2) is 48.7 Å². The lowest BCUT2D eigenvalue weighted by atomic mass is 10.1. The van der Waals surface area contributed by atoms with E-state index in [9.17, 15) is 0 Å². The maximum atomic E-state index is 6.52. The van der Waals surface area contributed by atoms with E-state index in [-0.39, 0.29) is 0 Å². The van der Waals surface area contributed by atoms with Gasteiger partial charge in [0, 0.05) is 67.9 Å². The van der Waals surface area contributed by atoms with Crippen LogP contribution < -0.4 is 4.74 Å². The zero-order valence-corrected chi connectivity index (χ0v) is 16.7. The van der Waals surface area contributed by atoms with Crippen LogP contribution in [0.5, 0.6) is 5.75 Å². The molecule has 0 atom stereocenters. The molecule has 28 heavy (non-hydrogen) atoms. The molecular formula is C23H24ClN3O. The fraction of sp³-hybridized carbons (Fsp3) is 0.348. The third-order valence-corrected chi connectivity index (χ3v) is 6.18. The molecule has 2 aliphatic heterocycles. The predicted molar refractivity (Wildman–Crippen MR) is 113 cm³/mol. The van der Waals surface area contributed by atoms with Crippen LogP contribution in [0.3, 0.4) is 0 Å². The highest BCUT2D eigenvalue weighted by molar-refractivity contribution is 6.32. The molecule has 2 aromatic carbocycles. The summed E-state index contributed by atoms with van der Waals surface area (Å²) in [7, 11) is 0. The van der Waals surface area contributed by atoms with E-state index in [2.05, 4.69) is 39.0 Å². The molecule has 5 rings (SSSR count). The molecule has 0 radical (unpaired) electrons. The largest absolute Gasteiger partial charge is 0.493 e. The number of rotatable bonds is 4. The SMILES string of the molecule is Clc1ccc2cccnc2c1CN1CCN(Cc2ccc3c(c2)CCO3)CC1. The fourth-order valence-corrected chi connectivity index (χ4v) is 4.47. The highest BCUT2D eigenvalue weighted by Gasteiger charge is 2.20. The lowest BCUT2D eigenvalue weighted by Gasteiger charge is -2.35. The van der Waals surface area contributed by atoms with Crippen LogP contribution in [-0.4, -0.2) is 47.6 Å². The highest BCUT2D eigenvalue weighted by Crippen LogP contribution is 2.28. The van der Waals surface area contributed by atoms with Crippen molar-refractivity contribution in [2.75, 3.05) is 32.8 Å². The van der Waals surface area contributed by atoms with Crippen molar-refractivity contribution in [3.05, 3.63) is 70.4 Å². The molecule has 2 aliphatic rings. The van der Waals surface area contributed by atoms with Crippen LogP contribution in [0.2, 0.25) is 5.02 Å². The number of hydrogen-bond donors (Lipinski definition) is 0. The van der Waals surface area contributed by atoms with Gasteiger partial charge >= 0.3 is 0 Å². The number of fused-ring (bicyclic) bond motifs is 2. The van der Waals surface area contributed by atoms with Crippen molar-refractivity contribution >= 4 is 22.5 Å². The second-order valence-electron chi connectivity index (χ2n) is 7.69. The maximum Gasteiger partial charge on any atom is 0.122 e. The molecule has 1 saturated heterocycles. The van der Waals surface area contributed by atoms with Gasteiger partial charge in [-0.25, -0.2) is 0 Å². The molecule has 3 aromatic rings. The average molecular weight is 394 g/mol. The fourth-order valence-electron chi connectivity index (χ4n) is 4.26. The third-order valence-electron chi connectivity index (χ3n) is 5.83. The number of halogens is 1. The quantitative estimate of drug-likeness (QED) is 0.666. The molecule has 1 aromatic heterocycles. The Morgan fingerprint density at radius 3 is 2.64 bits per heavy atom. The molecule has 0 unspecified atom stereocenters. The van der Waals surface area contributed by atoms with Gasteiger partial charge in [-0.2, -0.15) is 0 Å². The van der Waals surface area contributed by atoms with E-state index in [1.165, 1.54) is 11.1 Å². The first-order valence-electron chi connectivity index (χ1n) is 9.98. The zero-order valence-electron chi connectivity index (χ0n) is 15.9. The highest BCUT2D eigenvalue weighted by atomic mass is 35.5. The number of nitrogens with zero attached hydrogens (tertiary/aromatic N) is 3. The Morgan fingerprint density at radius 2 is 1.79 bits per heavy atom. The van der Waals surface area contributed by atoms with E-state index in [1.54, 1.807) is 0 Å². The van der Waals surface area contributed by atoms with Crippen LogP contribution in [0.25, 0.3) is 10.9 Å². The zero-order chi connectivity index (χ0) is 18.9. The van der Waals surface area contributed by atoms with Crippen molar-refractivity contribution in [1.29, 1.82) is 0 Å². The molecule has 0 N–H and O–H groups in total. The number of hydrogen-bond acceptors (Lipinski definition) is 4. The molecule has 0 spiro atoms. The van der Waals surface area contributed by atoms with Gasteiger partial charge in [-0.1, -0.05) is 35.9 Å². The number of pyridine rings is 1. The average Bonchev–Trinajstić information content (AvgIpc) is 3.19. The van der Waals surface area contributed by atoms with Crippen molar-refractivity contribution in [3.63, 3.8) is 0 Å². The third kappa shape index (κ3) is 3.60. The second-order valence-corrected chi connectivity index (χ2v) is 8.10. The molecule has 0 bridgehead atoms. The topological polar surface area (TPSA) is 28.6 Å². The van der Waals surface area contributed by atoms with Crippen LogP contribution in [-0.2, 0) is 19.5 Å². The molecule has 144 valence electrons. The lowest BCUT2D eigenvalue weighted by molar-refractivity contribution is 0.122. The van der Waals surface area contributed by atoms with Gasteiger partial charge in [-0.3, -0.25) is 14.8 Å². The van der Waals surface area contributed by atoms with Gasteiger partial charge in [0.05, 0.1) is 12.1 Å². The number of aromatic nitrogens is 1. The molecule has 5 heteroatoms. The van der Waals surface area contributed by atoms with Crippen molar-refractivity contribution < 1.29 is 4.74 Å². The number of ether oxygens (including phenoxy) is 1. The standard InChI is InChI=1S/C23H24ClN3O/c24-21-5-4-18-2-1-8-25-23(18)20(21)16-27-11-9-26(10-12-27)15-17-3-6-22-19(14-17)7-13-28-22/h1-6,8,14H,7,9-13,15-16H2. The van der Waals surface area contributed by atoms with Crippen molar-refractivity contribution in [3.8, 4) is 5.75 Å². The van der Waals surface area contributed by atoms with Gasteiger partial charge < -0.3 is 4.74 Å². The van der Waals surface area contributed by atoms with Gasteiger partial charge in [0.2, 0.25) is 0 Å². The minimum atomic E-state index is 0.814. The first-order valence-corrected chi connectivity index (χ1v) is 10.4. The van der Waals surface area contributed by atoms with Crippen LogP contribution in [0.1, 0.15) is 16.7 Å². The van der Waals surface area contributed by atoms with E-state index in [1.807, 2.05) is 24.4 Å². The summed E-state index contributed by atoms with van der Waals surface area (Å²) in [5.41, 5.74) is 4.91. The summed E-state index contributed by atoms with van der Waals surface area (Å²) in [5.74, 6) is 1.06. The van der Waals surface area contributed by atoms with Crippen molar-refractivity contribution in [2.24, 2.45) is 0 Å². The molecule has 0 amide bonds. The van der Waals surface area contributed by atoms with E-state index in [0.717, 1.165) is 79.5 Å². The van der Waals surface area contributed by atoms with E-state index in [0.29, 0.717) is 0 Å². The van der Waals surface area contributed by atoms with Crippen molar-refractivity contribution in [2.45, 2.75) is 19.5 Å². The van der Waals surface area contributed by atoms with Crippen LogP contribution in [0.4, 0.5) is 0 Å². The lowest BCUT2D eigenvalue weighted by Crippen LogP contribution is -2.45. The van der Waals surface area contributed by atoms with Gasteiger partial charge in [-0.05, 0) is 29.3 Å². The van der Waals surface area contributed by atoms with Gasteiger partial charge in [0.15, 0.2) is 0 Å². The Hall–Kier alpha value is -2.14. The normalized spacial score (nSPS) is 17.6. The Labute approximate surface area is 170 Å². The van der Waals surface area contributed by atoms with E-state index >= 15 is 0 Å². The van der Waals surface area contributed by atoms with Gasteiger partial charge in [0.1, 0.15) is 5.75 Å². The molecule has 3 heterocycles. The monoisotopic (exact) mass is 393 g/mol. The van der Waals surface area contributed by atoms with Crippen LogP contribution in [0, 0.1) is 0 Å². The van der Waals surface area contributed by atoms with Gasteiger partial charge in [-0.15, -0.1) is 0 Å². The molecular weight excluding hydrogens is 370 g/mol. The summed E-state index contributed by atoms with van der Waals surface area (Å²) < 4.78 is 5.62. The summed E-state index contributed by atoms with van der Waals surface area (Å²) in [4.78, 5) is 9.60. The molecule has 1 fully saturated rings. The summed E-state index contributed by atoms with van der Waals surface area (Å²) in [6, 6.07) is 14.8. The van der Waals surface area contributed by atoms with Crippen LogP contribution >= 0.6 is 11.6 Å².